The van der Waals surface area contributed by atoms with Gasteiger partial charge in [-0.1, -0.05) is 18.5 Å². The molecule has 0 bridgehead atoms. The molecule has 0 saturated heterocycles. The van der Waals surface area contributed by atoms with E-state index >= 15 is 0 Å². The summed E-state index contributed by atoms with van der Waals surface area (Å²) in [6.45, 7) is 1.62. The molecular formula is C16H13BrClN3O3S. The molecule has 0 aliphatic heterocycles. The minimum Gasteiger partial charge on any atom is -0.294 e. The zero-order valence-corrected chi connectivity index (χ0v) is 16.3. The molecule has 2 heterocycles. The highest BCUT2D eigenvalue weighted by atomic mass is 79.9. The first-order valence-electron chi connectivity index (χ1n) is 7.33. The third kappa shape index (κ3) is 3.61. The van der Waals surface area contributed by atoms with E-state index < -0.39 is 9.84 Å². The Morgan fingerprint density at radius 1 is 1.24 bits per heavy atom. The lowest BCUT2D eigenvalue weighted by atomic mass is 10.2. The molecule has 0 unspecified atom stereocenters. The lowest BCUT2D eigenvalue weighted by Crippen LogP contribution is -2.22. The van der Waals surface area contributed by atoms with Crippen LogP contribution in [0.2, 0.25) is 5.02 Å². The summed E-state index contributed by atoms with van der Waals surface area (Å²) >= 11 is 9.30. The number of rotatable bonds is 4. The molecule has 2 aromatic heterocycles. The largest absolute Gasteiger partial charge is 0.294 e. The zero-order chi connectivity index (χ0) is 18.2. The van der Waals surface area contributed by atoms with Gasteiger partial charge in [-0.05, 0) is 45.8 Å². The molecule has 0 fully saturated rings. The van der Waals surface area contributed by atoms with E-state index in [0.29, 0.717) is 26.1 Å². The fraction of sp³-hybridized carbons (Fsp3) is 0.188. The van der Waals surface area contributed by atoms with Crippen molar-refractivity contribution >= 4 is 48.4 Å². The number of benzene rings is 1. The minimum atomic E-state index is -3.44. The SMILES string of the molecule is CCS(=O)(=O)c1ccc(Cl)cc1Cn1cnc2ncc(Br)cc2c1=O. The molecule has 6 nitrogen and oxygen atoms in total. The molecule has 0 aliphatic carbocycles. The van der Waals surface area contributed by atoms with Gasteiger partial charge in [0.1, 0.15) is 6.33 Å². The summed E-state index contributed by atoms with van der Waals surface area (Å²) in [6.07, 6.45) is 2.91. The second-order valence-electron chi connectivity index (χ2n) is 5.36. The second kappa shape index (κ2) is 6.86. The molecule has 3 aromatic rings. The van der Waals surface area contributed by atoms with Crippen LogP contribution in [0.1, 0.15) is 12.5 Å². The molecule has 3 rings (SSSR count). The Morgan fingerprint density at radius 3 is 2.72 bits per heavy atom. The van der Waals surface area contributed by atoms with Crippen LogP contribution in [0, 0.1) is 0 Å². The maximum atomic E-state index is 12.7. The van der Waals surface area contributed by atoms with Crippen molar-refractivity contribution in [2.24, 2.45) is 0 Å². The highest BCUT2D eigenvalue weighted by Gasteiger charge is 2.18. The van der Waals surface area contributed by atoms with Crippen molar-refractivity contribution in [3.8, 4) is 0 Å². The number of hydrogen-bond acceptors (Lipinski definition) is 5. The standard InChI is InChI=1S/C16H13BrClN3O3S/c1-2-25(23,24)14-4-3-12(18)5-10(14)8-21-9-20-15-13(16(21)22)6-11(17)7-19-15/h3-7,9H,2,8H2,1H3. The fourth-order valence-corrected chi connectivity index (χ4v) is 4.09. The second-order valence-corrected chi connectivity index (χ2v) is 8.96. The Labute approximate surface area is 157 Å². The van der Waals surface area contributed by atoms with Gasteiger partial charge in [0.2, 0.25) is 0 Å². The van der Waals surface area contributed by atoms with Gasteiger partial charge in [0.25, 0.3) is 5.56 Å². The van der Waals surface area contributed by atoms with Crippen LogP contribution in [0.3, 0.4) is 0 Å². The molecule has 0 saturated carbocycles. The molecule has 1 aromatic carbocycles. The maximum Gasteiger partial charge on any atom is 0.263 e. The number of fused-ring (bicyclic) bond motifs is 1. The van der Waals surface area contributed by atoms with Gasteiger partial charge < -0.3 is 0 Å². The quantitative estimate of drug-likeness (QED) is 0.620. The molecule has 9 heteroatoms. The maximum absolute atomic E-state index is 12.7. The van der Waals surface area contributed by atoms with Crippen LogP contribution < -0.4 is 5.56 Å². The van der Waals surface area contributed by atoms with Gasteiger partial charge in [-0.15, -0.1) is 0 Å². The Bertz CT molecular complexity index is 1130. The Hall–Kier alpha value is -1.77. The summed E-state index contributed by atoms with van der Waals surface area (Å²) in [5.74, 6) is -0.0383. The lowest BCUT2D eigenvalue weighted by molar-refractivity contribution is 0.595. The molecule has 0 amide bonds. The van der Waals surface area contributed by atoms with Gasteiger partial charge in [-0.25, -0.2) is 18.4 Å². The van der Waals surface area contributed by atoms with E-state index in [2.05, 4.69) is 25.9 Å². The third-order valence-electron chi connectivity index (χ3n) is 3.72. The first-order chi connectivity index (χ1) is 11.8. The van der Waals surface area contributed by atoms with E-state index in [9.17, 15) is 13.2 Å². The van der Waals surface area contributed by atoms with Crippen LogP contribution >= 0.6 is 27.5 Å². The topological polar surface area (TPSA) is 81.9 Å². The predicted octanol–water partition coefficient (Wildman–Crippen LogP) is 3.05. The summed E-state index contributed by atoms with van der Waals surface area (Å²) < 4.78 is 26.6. The minimum absolute atomic E-state index is 0.0383. The van der Waals surface area contributed by atoms with Crippen LogP contribution in [-0.4, -0.2) is 28.7 Å². The van der Waals surface area contributed by atoms with E-state index in [1.807, 2.05) is 0 Å². The number of nitrogens with zero attached hydrogens (tertiary/aromatic N) is 3. The zero-order valence-electron chi connectivity index (χ0n) is 13.1. The molecule has 0 atom stereocenters. The van der Waals surface area contributed by atoms with Crippen molar-refractivity contribution in [1.82, 2.24) is 14.5 Å². The van der Waals surface area contributed by atoms with E-state index in [1.54, 1.807) is 25.3 Å². The van der Waals surface area contributed by atoms with Gasteiger partial charge in [0.15, 0.2) is 15.5 Å². The van der Waals surface area contributed by atoms with Crippen LogP contribution in [0.25, 0.3) is 11.0 Å². The van der Waals surface area contributed by atoms with Crippen molar-refractivity contribution in [3.63, 3.8) is 0 Å². The van der Waals surface area contributed by atoms with Crippen molar-refractivity contribution in [2.75, 3.05) is 5.75 Å². The van der Waals surface area contributed by atoms with Crippen LogP contribution in [0.15, 0.2) is 51.0 Å². The highest BCUT2D eigenvalue weighted by molar-refractivity contribution is 9.10. The smallest absolute Gasteiger partial charge is 0.263 e. The van der Waals surface area contributed by atoms with Gasteiger partial charge in [-0.3, -0.25) is 9.36 Å². The summed E-state index contributed by atoms with van der Waals surface area (Å²) in [6, 6.07) is 6.18. The van der Waals surface area contributed by atoms with Crippen LogP contribution in [-0.2, 0) is 16.4 Å². The Kier molecular flexibility index (Phi) is 4.95. The number of aromatic nitrogens is 3. The molecule has 0 aliphatic rings. The Morgan fingerprint density at radius 2 is 2.00 bits per heavy atom. The number of pyridine rings is 1. The van der Waals surface area contributed by atoms with E-state index in [1.165, 1.54) is 23.0 Å². The molecule has 130 valence electrons. The van der Waals surface area contributed by atoms with Crippen molar-refractivity contribution in [1.29, 1.82) is 0 Å². The monoisotopic (exact) mass is 441 g/mol. The number of hydrogen-bond donors (Lipinski definition) is 0. The first-order valence-corrected chi connectivity index (χ1v) is 10.2. The molecule has 0 N–H and O–H groups in total. The molecular weight excluding hydrogens is 430 g/mol. The summed E-state index contributed by atoms with van der Waals surface area (Å²) in [5, 5.41) is 0.745. The van der Waals surface area contributed by atoms with Gasteiger partial charge in [0.05, 0.1) is 22.6 Å². The molecule has 0 spiro atoms. The first kappa shape index (κ1) is 18.0. The third-order valence-corrected chi connectivity index (χ3v) is 6.22. The number of sulfone groups is 1. The summed E-state index contributed by atoms with van der Waals surface area (Å²) in [5.41, 5.74) is 0.469. The fourth-order valence-electron chi connectivity index (χ4n) is 2.45. The highest BCUT2D eigenvalue weighted by Crippen LogP contribution is 2.22. The van der Waals surface area contributed by atoms with Crippen molar-refractivity contribution < 1.29 is 8.42 Å². The lowest BCUT2D eigenvalue weighted by Gasteiger charge is -2.12. The van der Waals surface area contributed by atoms with E-state index in [0.717, 1.165) is 0 Å². The van der Waals surface area contributed by atoms with Crippen molar-refractivity contribution in [2.45, 2.75) is 18.4 Å². The summed E-state index contributed by atoms with van der Waals surface area (Å²) in [7, 11) is -3.44. The molecule has 25 heavy (non-hydrogen) atoms. The molecule has 0 radical (unpaired) electrons. The predicted molar refractivity (Wildman–Crippen MR) is 99.8 cm³/mol. The van der Waals surface area contributed by atoms with Gasteiger partial charge in [0, 0.05) is 15.7 Å². The number of halogens is 2. The average Bonchev–Trinajstić information content (AvgIpc) is 2.58. The van der Waals surface area contributed by atoms with Gasteiger partial charge in [-0.2, -0.15) is 0 Å². The van der Waals surface area contributed by atoms with Crippen molar-refractivity contribution in [3.05, 3.63) is 62.2 Å². The average molecular weight is 443 g/mol. The Balaban J connectivity index is 2.15. The van der Waals surface area contributed by atoms with Crippen LogP contribution in [0.5, 0.6) is 0 Å². The van der Waals surface area contributed by atoms with Crippen LogP contribution in [0.4, 0.5) is 0 Å². The van der Waals surface area contributed by atoms with E-state index in [-0.39, 0.29) is 22.8 Å². The normalized spacial score (nSPS) is 11.8. The van der Waals surface area contributed by atoms with Gasteiger partial charge >= 0.3 is 0 Å². The summed E-state index contributed by atoms with van der Waals surface area (Å²) in [4.78, 5) is 21.1. The van der Waals surface area contributed by atoms with E-state index in [4.69, 9.17) is 11.6 Å².